The minimum Gasteiger partial charge on any atom is -0.341 e. The van der Waals surface area contributed by atoms with Gasteiger partial charge >= 0.3 is 0 Å². The van der Waals surface area contributed by atoms with Crippen LogP contribution in [0.5, 0.6) is 0 Å². The van der Waals surface area contributed by atoms with Crippen molar-refractivity contribution in [1.29, 1.82) is 0 Å². The maximum Gasteiger partial charge on any atom is 0.225 e. The highest BCUT2D eigenvalue weighted by molar-refractivity contribution is 5.78. The smallest absolute Gasteiger partial charge is 0.225 e. The van der Waals surface area contributed by atoms with Gasteiger partial charge in [-0.3, -0.25) is 4.79 Å². The Morgan fingerprint density at radius 3 is 2.64 bits per heavy atom. The van der Waals surface area contributed by atoms with Crippen molar-refractivity contribution in [2.45, 2.75) is 59.4 Å². The Kier molecular flexibility index (Phi) is 4.00. The van der Waals surface area contributed by atoms with Gasteiger partial charge in [0.05, 0.1) is 0 Å². The largest absolute Gasteiger partial charge is 0.341 e. The molecule has 5 heteroatoms. The summed E-state index contributed by atoms with van der Waals surface area (Å²) in [6, 6.07) is 0. The van der Waals surface area contributed by atoms with Gasteiger partial charge in [0.25, 0.3) is 0 Å². The van der Waals surface area contributed by atoms with Crippen molar-refractivity contribution < 1.29 is 4.79 Å². The number of aromatic nitrogens is 3. The summed E-state index contributed by atoms with van der Waals surface area (Å²) in [5, 5.41) is 8.60. The molecule has 0 radical (unpaired) electrons. The van der Waals surface area contributed by atoms with Gasteiger partial charge in [0.2, 0.25) is 5.91 Å². The molecule has 3 rings (SSSR count). The van der Waals surface area contributed by atoms with Gasteiger partial charge in [0.15, 0.2) is 0 Å². The van der Waals surface area contributed by atoms with Crippen molar-refractivity contribution in [3.63, 3.8) is 0 Å². The van der Waals surface area contributed by atoms with Crippen LogP contribution in [0.15, 0.2) is 6.33 Å². The number of carbonyl (C=O) groups is 1. The predicted octanol–water partition coefficient (Wildman–Crippen LogP) is 2.69. The van der Waals surface area contributed by atoms with Crippen LogP contribution < -0.4 is 0 Å². The molecule has 2 fully saturated rings. The highest BCUT2D eigenvalue weighted by Gasteiger charge is 2.53. The summed E-state index contributed by atoms with van der Waals surface area (Å²) < 4.78 is 2.21. The van der Waals surface area contributed by atoms with Crippen LogP contribution in [0.2, 0.25) is 0 Å². The quantitative estimate of drug-likeness (QED) is 0.859. The molecule has 1 aromatic rings. The van der Waals surface area contributed by atoms with Gasteiger partial charge in [-0.15, -0.1) is 10.2 Å². The van der Waals surface area contributed by atoms with Crippen molar-refractivity contribution in [2.75, 3.05) is 13.1 Å². The van der Waals surface area contributed by atoms with E-state index in [4.69, 9.17) is 0 Å². The lowest BCUT2D eigenvalue weighted by atomic mass is 9.62. The minimum atomic E-state index is 0.0735. The molecule has 2 heterocycles. The molecule has 1 aliphatic carbocycles. The predicted molar refractivity (Wildman–Crippen MR) is 85.3 cm³/mol. The first-order valence-corrected chi connectivity index (χ1v) is 8.59. The first kappa shape index (κ1) is 15.5. The van der Waals surface area contributed by atoms with E-state index in [-0.39, 0.29) is 17.2 Å². The number of hydrogen-bond donors (Lipinski definition) is 0. The van der Waals surface area contributed by atoms with E-state index in [1.54, 1.807) is 0 Å². The molecule has 0 aromatic carbocycles. The van der Waals surface area contributed by atoms with Gasteiger partial charge in [0.1, 0.15) is 12.2 Å². The molecule has 1 spiro atoms. The van der Waals surface area contributed by atoms with E-state index < -0.39 is 0 Å². The molecule has 122 valence electrons. The zero-order valence-corrected chi connectivity index (χ0v) is 14.2. The standard InChI is InChI=1S/C17H28N4O/c1-12(2)8-21-11-18-19-15(21)14-9-20(16(22)13(3)4)10-17(14)6-5-7-17/h11-14H,5-10H2,1-4H3. The fourth-order valence-electron chi connectivity index (χ4n) is 4.06. The maximum atomic E-state index is 12.4. The second kappa shape index (κ2) is 5.67. The van der Waals surface area contributed by atoms with Gasteiger partial charge in [-0.25, -0.2) is 0 Å². The molecule has 2 aliphatic rings. The Labute approximate surface area is 133 Å². The minimum absolute atomic E-state index is 0.0735. The molecule has 1 unspecified atom stereocenters. The summed E-state index contributed by atoms with van der Waals surface area (Å²) in [4.78, 5) is 14.5. The van der Waals surface area contributed by atoms with E-state index in [0.29, 0.717) is 11.8 Å². The number of likely N-dealkylation sites (tertiary alicyclic amines) is 1. The van der Waals surface area contributed by atoms with Crippen LogP contribution in [-0.2, 0) is 11.3 Å². The molecule has 1 amide bonds. The van der Waals surface area contributed by atoms with E-state index in [2.05, 4.69) is 33.5 Å². The SMILES string of the molecule is CC(C)Cn1cnnc1C1CN(C(=O)C(C)C)CC12CCC2. The van der Waals surface area contributed by atoms with Crippen molar-refractivity contribution in [2.24, 2.45) is 17.3 Å². The third kappa shape index (κ3) is 2.55. The van der Waals surface area contributed by atoms with Gasteiger partial charge in [-0.05, 0) is 24.2 Å². The molecular formula is C17H28N4O. The Morgan fingerprint density at radius 2 is 2.09 bits per heavy atom. The molecule has 1 saturated heterocycles. The average molecular weight is 304 g/mol. The van der Waals surface area contributed by atoms with Gasteiger partial charge in [0, 0.05) is 31.5 Å². The third-order valence-corrected chi connectivity index (χ3v) is 5.32. The van der Waals surface area contributed by atoms with Crippen molar-refractivity contribution >= 4 is 5.91 Å². The van der Waals surface area contributed by atoms with Crippen molar-refractivity contribution in [3.8, 4) is 0 Å². The number of amides is 1. The molecular weight excluding hydrogens is 276 g/mol. The van der Waals surface area contributed by atoms with Crippen LogP contribution in [0.25, 0.3) is 0 Å². The van der Waals surface area contributed by atoms with Gasteiger partial charge in [-0.2, -0.15) is 0 Å². The molecule has 1 saturated carbocycles. The van der Waals surface area contributed by atoms with Crippen LogP contribution in [0.1, 0.15) is 58.7 Å². The van der Waals surface area contributed by atoms with Gasteiger partial charge in [-0.1, -0.05) is 34.1 Å². The molecule has 5 nitrogen and oxygen atoms in total. The van der Waals surface area contributed by atoms with Crippen LogP contribution >= 0.6 is 0 Å². The summed E-state index contributed by atoms with van der Waals surface area (Å²) in [6.45, 7) is 11.1. The first-order chi connectivity index (χ1) is 10.4. The Morgan fingerprint density at radius 1 is 1.36 bits per heavy atom. The van der Waals surface area contributed by atoms with E-state index >= 15 is 0 Å². The second-order valence-corrected chi connectivity index (χ2v) is 7.88. The Bertz CT molecular complexity index is 545. The van der Waals surface area contributed by atoms with Gasteiger partial charge < -0.3 is 9.47 Å². The number of nitrogens with zero attached hydrogens (tertiary/aromatic N) is 4. The van der Waals surface area contributed by atoms with Crippen LogP contribution in [0.3, 0.4) is 0 Å². The summed E-state index contributed by atoms with van der Waals surface area (Å²) in [5.41, 5.74) is 0.256. The molecule has 1 aromatic heterocycles. The van der Waals surface area contributed by atoms with Crippen LogP contribution in [0.4, 0.5) is 0 Å². The summed E-state index contributed by atoms with van der Waals surface area (Å²) in [5.74, 6) is 2.37. The van der Waals surface area contributed by atoms with E-state index in [1.807, 2.05) is 20.2 Å². The molecule has 0 bridgehead atoms. The first-order valence-electron chi connectivity index (χ1n) is 8.59. The number of rotatable bonds is 4. The highest BCUT2D eigenvalue weighted by Crippen LogP contribution is 2.55. The van der Waals surface area contributed by atoms with Crippen molar-refractivity contribution in [1.82, 2.24) is 19.7 Å². The lowest BCUT2D eigenvalue weighted by Crippen LogP contribution is -2.39. The maximum absolute atomic E-state index is 12.4. The van der Waals surface area contributed by atoms with Crippen LogP contribution in [0, 0.1) is 17.3 Å². The fraction of sp³-hybridized carbons (Fsp3) is 0.824. The summed E-state index contributed by atoms with van der Waals surface area (Å²) in [7, 11) is 0. The zero-order valence-electron chi connectivity index (χ0n) is 14.2. The molecule has 1 aliphatic heterocycles. The zero-order chi connectivity index (χ0) is 15.9. The number of hydrogen-bond acceptors (Lipinski definition) is 3. The lowest BCUT2D eigenvalue weighted by Gasteiger charge is -2.42. The summed E-state index contributed by atoms with van der Waals surface area (Å²) in [6.07, 6.45) is 5.56. The fourth-order valence-corrected chi connectivity index (χ4v) is 4.06. The second-order valence-electron chi connectivity index (χ2n) is 7.88. The third-order valence-electron chi connectivity index (χ3n) is 5.32. The van der Waals surface area contributed by atoms with E-state index in [0.717, 1.165) is 25.5 Å². The molecule has 0 N–H and O–H groups in total. The average Bonchev–Trinajstić information content (AvgIpc) is 2.99. The van der Waals surface area contributed by atoms with Crippen molar-refractivity contribution in [3.05, 3.63) is 12.2 Å². The number of carbonyl (C=O) groups excluding carboxylic acids is 1. The summed E-state index contributed by atoms with van der Waals surface area (Å²) >= 11 is 0. The molecule has 22 heavy (non-hydrogen) atoms. The highest BCUT2D eigenvalue weighted by atomic mass is 16.2. The monoisotopic (exact) mass is 304 g/mol. The Hall–Kier alpha value is -1.39. The lowest BCUT2D eigenvalue weighted by molar-refractivity contribution is -0.134. The Balaban J connectivity index is 1.86. The normalized spacial score (nSPS) is 23.5. The topological polar surface area (TPSA) is 51.0 Å². The van der Waals surface area contributed by atoms with Crippen LogP contribution in [-0.4, -0.2) is 38.7 Å². The van der Waals surface area contributed by atoms with E-state index in [1.165, 1.54) is 19.3 Å². The van der Waals surface area contributed by atoms with E-state index in [9.17, 15) is 4.79 Å². The molecule has 1 atom stereocenters.